The molecule has 1 aliphatic rings. The van der Waals surface area contributed by atoms with Crippen molar-refractivity contribution < 1.29 is 14.0 Å². The molecule has 2 N–H and O–H groups in total. The van der Waals surface area contributed by atoms with E-state index in [1.807, 2.05) is 42.5 Å². The van der Waals surface area contributed by atoms with Crippen molar-refractivity contribution in [3.8, 4) is 0 Å². The van der Waals surface area contributed by atoms with E-state index < -0.39 is 0 Å². The number of hydrogen-bond acceptors (Lipinski definition) is 3. The lowest BCUT2D eigenvalue weighted by molar-refractivity contribution is -0.111. The molecule has 0 atom stereocenters. The Kier molecular flexibility index (Phi) is 6.62. The van der Waals surface area contributed by atoms with Crippen LogP contribution in [0.25, 0.3) is 11.6 Å². The van der Waals surface area contributed by atoms with E-state index in [2.05, 4.69) is 10.6 Å². The number of nitrogens with one attached hydrogen (secondary N) is 2. The summed E-state index contributed by atoms with van der Waals surface area (Å²) in [6.07, 6.45) is 8.78. The van der Waals surface area contributed by atoms with Gasteiger partial charge >= 0.3 is 0 Å². The lowest BCUT2D eigenvalue weighted by atomic mass is 9.95. The van der Waals surface area contributed by atoms with Crippen molar-refractivity contribution in [2.45, 2.75) is 38.1 Å². The molecule has 1 aromatic heterocycles. The van der Waals surface area contributed by atoms with Crippen LogP contribution in [-0.4, -0.2) is 17.9 Å². The second-order valence-electron chi connectivity index (χ2n) is 7.75. The Morgan fingerprint density at radius 3 is 2.35 bits per heavy atom. The summed E-state index contributed by atoms with van der Waals surface area (Å²) in [5, 5.41) is 6.06. The summed E-state index contributed by atoms with van der Waals surface area (Å²) in [7, 11) is 0. The van der Waals surface area contributed by atoms with E-state index in [0.717, 1.165) is 31.2 Å². The van der Waals surface area contributed by atoms with E-state index in [0.29, 0.717) is 22.6 Å². The molecule has 0 bridgehead atoms. The zero-order valence-corrected chi connectivity index (χ0v) is 17.3. The SMILES string of the molecule is O=C(Nc1ccccc1C(=O)NC1CCCCC1)/C(=C/c1ccco1)c1ccccc1. The van der Waals surface area contributed by atoms with Gasteiger partial charge in [0.15, 0.2) is 0 Å². The van der Waals surface area contributed by atoms with Gasteiger partial charge in [-0.15, -0.1) is 0 Å². The highest BCUT2D eigenvalue weighted by atomic mass is 16.3. The lowest BCUT2D eigenvalue weighted by Crippen LogP contribution is -2.36. The molecule has 5 nitrogen and oxygen atoms in total. The quantitative estimate of drug-likeness (QED) is 0.522. The van der Waals surface area contributed by atoms with Gasteiger partial charge in [0.2, 0.25) is 0 Å². The van der Waals surface area contributed by atoms with Crippen LogP contribution in [0.2, 0.25) is 0 Å². The van der Waals surface area contributed by atoms with Crippen molar-refractivity contribution in [2.75, 3.05) is 5.32 Å². The molecule has 0 saturated heterocycles. The Balaban J connectivity index is 1.57. The number of benzene rings is 2. The normalized spacial score (nSPS) is 14.8. The van der Waals surface area contributed by atoms with Gasteiger partial charge in [-0.25, -0.2) is 0 Å². The third kappa shape index (κ3) is 5.31. The molecule has 1 fully saturated rings. The van der Waals surface area contributed by atoms with Crippen LogP contribution in [0, 0.1) is 0 Å². The molecular formula is C26H26N2O3. The van der Waals surface area contributed by atoms with Gasteiger partial charge in [-0.1, -0.05) is 61.7 Å². The summed E-state index contributed by atoms with van der Waals surface area (Å²) >= 11 is 0. The predicted molar refractivity (Wildman–Crippen MR) is 122 cm³/mol. The summed E-state index contributed by atoms with van der Waals surface area (Å²) in [6.45, 7) is 0. The summed E-state index contributed by atoms with van der Waals surface area (Å²) in [5.74, 6) is 0.122. The first kappa shape index (κ1) is 20.7. The van der Waals surface area contributed by atoms with Crippen molar-refractivity contribution in [1.29, 1.82) is 0 Å². The molecule has 5 heteroatoms. The van der Waals surface area contributed by atoms with Crippen molar-refractivity contribution in [3.05, 3.63) is 89.9 Å². The Morgan fingerprint density at radius 1 is 0.871 bits per heavy atom. The second-order valence-corrected chi connectivity index (χ2v) is 7.75. The van der Waals surface area contributed by atoms with Gasteiger partial charge in [0.1, 0.15) is 5.76 Å². The van der Waals surface area contributed by atoms with Crippen LogP contribution in [-0.2, 0) is 4.79 Å². The molecule has 3 aromatic rings. The highest BCUT2D eigenvalue weighted by Crippen LogP contribution is 2.24. The number of para-hydroxylation sites is 1. The van der Waals surface area contributed by atoms with Gasteiger partial charge in [-0.3, -0.25) is 9.59 Å². The molecule has 0 spiro atoms. The first-order valence-electron chi connectivity index (χ1n) is 10.7. The minimum Gasteiger partial charge on any atom is -0.465 e. The second kappa shape index (κ2) is 9.94. The van der Waals surface area contributed by atoms with E-state index in [-0.39, 0.29) is 17.9 Å². The van der Waals surface area contributed by atoms with Gasteiger partial charge in [0.25, 0.3) is 11.8 Å². The molecule has 2 aromatic carbocycles. The van der Waals surface area contributed by atoms with E-state index in [9.17, 15) is 9.59 Å². The van der Waals surface area contributed by atoms with Gasteiger partial charge < -0.3 is 15.1 Å². The van der Waals surface area contributed by atoms with Gasteiger partial charge in [-0.2, -0.15) is 0 Å². The van der Waals surface area contributed by atoms with Gasteiger partial charge in [-0.05, 0) is 48.7 Å². The van der Waals surface area contributed by atoms with Crippen LogP contribution in [0.3, 0.4) is 0 Å². The maximum absolute atomic E-state index is 13.3. The Morgan fingerprint density at radius 2 is 1.61 bits per heavy atom. The number of hydrogen-bond donors (Lipinski definition) is 2. The van der Waals surface area contributed by atoms with Crippen LogP contribution in [0.15, 0.2) is 77.4 Å². The first-order valence-corrected chi connectivity index (χ1v) is 10.7. The van der Waals surface area contributed by atoms with E-state index in [4.69, 9.17) is 4.42 Å². The molecule has 0 radical (unpaired) electrons. The summed E-state index contributed by atoms with van der Waals surface area (Å²) < 4.78 is 5.41. The van der Waals surface area contributed by atoms with Crippen LogP contribution in [0.5, 0.6) is 0 Å². The first-order chi connectivity index (χ1) is 15.2. The predicted octanol–water partition coefficient (Wildman–Crippen LogP) is 5.52. The maximum atomic E-state index is 13.3. The smallest absolute Gasteiger partial charge is 0.256 e. The molecule has 2 amide bonds. The molecule has 0 aliphatic heterocycles. The lowest BCUT2D eigenvalue weighted by Gasteiger charge is -2.23. The number of rotatable bonds is 6. The van der Waals surface area contributed by atoms with Gasteiger partial charge in [0, 0.05) is 6.04 Å². The number of furan rings is 1. The molecule has 31 heavy (non-hydrogen) atoms. The van der Waals surface area contributed by atoms with Crippen molar-refractivity contribution in [2.24, 2.45) is 0 Å². The Hall–Kier alpha value is -3.60. The Labute approximate surface area is 182 Å². The average Bonchev–Trinajstić information content (AvgIpc) is 3.32. The van der Waals surface area contributed by atoms with Crippen molar-refractivity contribution in [1.82, 2.24) is 5.32 Å². The van der Waals surface area contributed by atoms with E-state index in [1.54, 1.807) is 36.6 Å². The number of carbonyl (C=O) groups is 2. The van der Waals surface area contributed by atoms with E-state index >= 15 is 0 Å². The van der Waals surface area contributed by atoms with E-state index in [1.165, 1.54) is 6.42 Å². The molecular weight excluding hydrogens is 388 g/mol. The highest BCUT2D eigenvalue weighted by Gasteiger charge is 2.20. The molecule has 0 unspecified atom stereocenters. The summed E-state index contributed by atoms with van der Waals surface area (Å²) in [6, 6.07) is 20.3. The zero-order chi connectivity index (χ0) is 21.5. The van der Waals surface area contributed by atoms with Crippen LogP contribution < -0.4 is 10.6 Å². The number of amides is 2. The topological polar surface area (TPSA) is 71.3 Å². The van der Waals surface area contributed by atoms with Gasteiger partial charge in [0.05, 0.1) is 23.1 Å². The third-order valence-electron chi connectivity index (χ3n) is 5.52. The van der Waals surface area contributed by atoms with Crippen LogP contribution in [0.1, 0.15) is 53.8 Å². The molecule has 1 saturated carbocycles. The van der Waals surface area contributed by atoms with Crippen molar-refractivity contribution in [3.63, 3.8) is 0 Å². The summed E-state index contributed by atoms with van der Waals surface area (Å²) in [5.41, 5.74) is 2.17. The largest absolute Gasteiger partial charge is 0.465 e. The van der Waals surface area contributed by atoms with Crippen LogP contribution >= 0.6 is 0 Å². The zero-order valence-electron chi connectivity index (χ0n) is 17.3. The molecule has 1 aliphatic carbocycles. The monoisotopic (exact) mass is 414 g/mol. The molecule has 158 valence electrons. The fraction of sp³-hybridized carbons (Fsp3) is 0.231. The average molecular weight is 415 g/mol. The fourth-order valence-corrected chi connectivity index (χ4v) is 3.90. The molecule has 1 heterocycles. The fourth-order valence-electron chi connectivity index (χ4n) is 3.90. The minimum atomic E-state index is -0.305. The maximum Gasteiger partial charge on any atom is 0.256 e. The highest BCUT2D eigenvalue weighted by molar-refractivity contribution is 6.29. The van der Waals surface area contributed by atoms with Crippen molar-refractivity contribution >= 4 is 29.2 Å². The van der Waals surface area contributed by atoms with Crippen LogP contribution in [0.4, 0.5) is 5.69 Å². The molecule has 4 rings (SSSR count). The third-order valence-corrected chi connectivity index (χ3v) is 5.52. The number of anilines is 1. The standard InChI is InChI=1S/C26H26N2O3/c29-25(27-20-12-5-2-6-13-20)22-15-7-8-16-24(22)28-26(30)23(18-21-14-9-17-31-21)19-10-3-1-4-11-19/h1,3-4,7-11,14-18,20H,2,5-6,12-13H2,(H,27,29)(H,28,30)/b23-18+. The Bertz CT molecular complexity index is 1050. The summed E-state index contributed by atoms with van der Waals surface area (Å²) in [4.78, 5) is 26.2. The minimum absolute atomic E-state index is 0.154. The number of carbonyl (C=O) groups excluding carboxylic acids is 2.